The molecular weight excluding hydrogens is 203 g/mol. The number of hydrogen-bond donors (Lipinski definition) is 0. The summed E-state index contributed by atoms with van der Waals surface area (Å²) in [6.45, 7) is 1.88. The van der Waals surface area contributed by atoms with E-state index in [2.05, 4.69) is 4.74 Å². The van der Waals surface area contributed by atoms with Gasteiger partial charge in [-0.25, -0.2) is 9.18 Å². The maximum absolute atomic E-state index is 13.0. The van der Waals surface area contributed by atoms with Crippen molar-refractivity contribution >= 4 is 6.16 Å². The van der Waals surface area contributed by atoms with Crippen molar-refractivity contribution in [1.82, 2.24) is 0 Å². The molecule has 0 heterocycles. The highest BCUT2D eigenvalue weighted by Crippen LogP contribution is 2.23. The van der Waals surface area contributed by atoms with Gasteiger partial charge in [-0.05, 0) is 19.1 Å². The average molecular weight is 214 g/mol. The van der Waals surface area contributed by atoms with Gasteiger partial charge in [-0.15, -0.1) is 0 Å². The zero-order chi connectivity index (χ0) is 11.3. The Morgan fingerprint density at radius 2 is 2.20 bits per heavy atom. The van der Waals surface area contributed by atoms with Gasteiger partial charge >= 0.3 is 6.16 Å². The molecule has 15 heavy (non-hydrogen) atoms. The first-order valence-electron chi connectivity index (χ1n) is 4.35. The van der Waals surface area contributed by atoms with E-state index in [1.165, 1.54) is 19.2 Å². The second kappa shape index (κ2) is 5.19. The van der Waals surface area contributed by atoms with Crippen LogP contribution in [-0.2, 0) is 4.74 Å². The van der Waals surface area contributed by atoms with Crippen LogP contribution in [0.5, 0.6) is 11.5 Å². The van der Waals surface area contributed by atoms with E-state index in [9.17, 15) is 9.18 Å². The SMILES string of the molecule is CCOC(=O)Oc1ccc(F)c(OC)c1. The Balaban J connectivity index is 2.74. The highest BCUT2D eigenvalue weighted by molar-refractivity contribution is 5.64. The molecule has 5 heteroatoms. The van der Waals surface area contributed by atoms with Crippen LogP contribution in [0.4, 0.5) is 9.18 Å². The summed E-state index contributed by atoms with van der Waals surface area (Å²) in [6.07, 6.45) is -0.828. The summed E-state index contributed by atoms with van der Waals surface area (Å²) in [6, 6.07) is 3.73. The van der Waals surface area contributed by atoms with Crippen molar-refractivity contribution in [3.8, 4) is 11.5 Å². The number of carbonyl (C=O) groups excluding carboxylic acids is 1. The number of ether oxygens (including phenoxy) is 3. The minimum atomic E-state index is -0.828. The molecule has 0 aliphatic carbocycles. The molecule has 0 N–H and O–H groups in total. The largest absolute Gasteiger partial charge is 0.513 e. The molecule has 0 radical (unpaired) electrons. The number of hydrogen-bond acceptors (Lipinski definition) is 4. The Kier molecular flexibility index (Phi) is 3.91. The van der Waals surface area contributed by atoms with Gasteiger partial charge in [0.05, 0.1) is 13.7 Å². The molecule has 0 fully saturated rings. The second-order valence-corrected chi connectivity index (χ2v) is 2.58. The van der Waals surface area contributed by atoms with Gasteiger partial charge in [0.15, 0.2) is 11.6 Å². The average Bonchev–Trinajstić information content (AvgIpc) is 2.21. The van der Waals surface area contributed by atoms with Crippen LogP contribution in [-0.4, -0.2) is 19.9 Å². The Labute approximate surface area is 86.6 Å². The van der Waals surface area contributed by atoms with E-state index in [1.807, 2.05) is 0 Å². The molecular formula is C10H11FO4. The Bertz CT molecular complexity index is 351. The van der Waals surface area contributed by atoms with Crippen LogP contribution in [0, 0.1) is 5.82 Å². The van der Waals surface area contributed by atoms with E-state index in [-0.39, 0.29) is 18.1 Å². The minimum absolute atomic E-state index is 0.0109. The molecule has 0 spiro atoms. The van der Waals surface area contributed by atoms with Gasteiger partial charge < -0.3 is 14.2 Å². The van der Waals surface area contributed by atoms with E-state index < -0.39 is 12.0 Å². The number of benzene rings is 1. The van der Waals surface area contributed by atoms with Gasteiger partial charge in [0.1, 0.15) is 5.75 Å². The standard InChI is InChI=1S/C10H11FO4/c1-3-14-10(12)15-7-4-5-8(11)9(6-7)13-2/h4-6H,3H2,1-2H3. The molecule has 1 aromatic rings. The smallest absolute Gasteiger partial charge is 0.494 e. The lowest BCUT2D eigenvalue weighted by Crippen LogP contribution is -2.10. The van der Waals surface area contributed by atoms with E-state index in [4.69, 9.17) is 9.47 Å². The zero-order valence-corrected chi connectivity index (χ0v) is 8.45. The first-order chi connectivity index (χ1) is 7.17. The molecule has 0 aliphatic heterocycles. The van der Waals surface area contributed by atoms with Crippen LogP contribution < -0.4 is 9.47 Å². The van der Waals surface area contributed by atoms with Crippen LogP contribution in [0.2, 0.25) is 0 Å². The van der Waals surface area contributed by atoms with Gasteiger partial charge in [0.25, 0.3) is 0 Å². The van der Waals surface area contributed by atoms with E-state index in [0.717, 1.165) is 6.07 Å². The highest BCUT2D eigenvalue weighted by atomic mass is 19.1. The highest BCUT2D eigenvalue weighted by Gasteiger charge is 2.08. The molecule has 0 unspecified atom stereocenters. The lowest BCUT2D eigenvalue weighted by molar-refractivity contribution is 0.104. The van der Waals surface area contributed by atoms with Crippen molar-refractivity contribution < 1.29 is 23.4 Å². The molecule has 1 aromatic carbocycles. The molecule has 0 bridgehead atoms. The van der Waals surface area contributed by atoms with Gasteiger partial charge in [-0.2, -0.15) is 0 Å². The summed E-state index contributed by atoms with van der Waals surface area (Å²) in [7, 11) is 1.33. The molecule has 0 amide bonds. The number of halogens is 1. The maximum Gasteiger partial charge on any atom is 0.513 e. The fraction of sp³-hybridized carbons (Fsp3) is 0.300. The number of carbonyl (C=O) groups is 1. The van der Waals surface area contributed by atoms with E-state index >= 15 is 0 Å². The lowest BCUT2D eigenvalue weighted by atomic mass is 10.3. The van der Waals surface area contributed by atoms with Gasteiger partial charge in [-0.1, -0.05) is 0 Å². The van der Waals surface area contributed by atoms with Gasteiger partial charge in [-0.3, -0.25) is 0 Å². The summed E-state index contributed by atoms with van der Waals surface area (Å²) in [4.78, 5) is 10.9. The lowest BCUT2D eigenvalue weighted by Gasteiger charge is -2.06. The van der Waals surface area contributed by atoms with Crippen molar-refractivity contribution in [3.05, 3.63) is 24.0 Å². The van der Waals surface area contributed by atoms with Crippen molar-refractivity contribution in [1.29, 1.82) is 0 Å². The third kappa shape index (κ3) is 3.12. The number of rotatable bonds is 3. The normalized spacial score (nSPS) is 9.53. The molecule has 0 atom stereocenters. The fourth-order valence-electron chi connectivity index (χ4n) is 0.947. The van der Waals surface area contributed by atoms with Crippen LogP contribution >= 0.6 is 0 Å². The summed E-state index contributed by atoms with van der Waals surface area (Å²) >= 11 is 0. The monoisotopic (exact) mass is 214 g/mol. The Morgan fingerprint density at radius 3 is 2.80 bits per heavy atom. The zero-order valence-electron chi connectivity index (χ0n) is 8.45. The van der Waals surface area contributed by atoms with Crippen LogP contribution in [0.25, 0.3) is 0 Å². The molecule has 1 rings (SSSR count). The predicted molar refractivity (Wildman–Crippen MR) is 50.6 cm³/mol. The molecule has 4 nitrogen and oxygen atoms in total. The third-order valence-electron chi connectivity index (χ3n) is 1.59. The van der Waals surface area contributed by atoms with Crippen LogP contribution in [0.3, 0.4) is 0 Å². The molecule has 0 aromatic heterocycles. The summed E-state index contributed by atoms with van der Waals surface area (Å²) in [5.74, 6) is -0.336. The Morgan fingerprint density at radius 1 is 1.47 bits per heavy atom. The summed E-state index contributed by atoms with van der Waals surface area (Å²) < 4.78 is 27.0. The summed E-state index contributed by atoms with van der Waals surface area (Å²) in [5.41, 5.74) is 0. The van der Waals surface area contributed by atoms with Crippen LogP contribution in [0.15, 0.2) is 18.2 Å². The minimum Gasteiger partial charge on any atom is -0.494 e. The first-order valence-corrected chi connectivity index (χ1v) is 4.35. The molecule has 0 aliphatic rings. The van der Waals surface area contributed by atoms with Crippen molar-refractivity contribution in [3.63, 3.8) is 0 Å². The predicted octanol–water partition coefficient (Wildman–Crippen LogP) is 2.37. The van der Waals surface area contributed by atoms with Gasteiger partial charge in [0.2, 0.25) is 0 Å². The second-order valence-electron chi connectivity index (χ2n) is 2.58. The maximum atomic E-state index is 13.0. The quantitative estimate of drug-likeness (QED) is 0.572. The van der Waals surface area contributed by atoms with Crippen molar-refractivity contribution in [2.45, 2.75) is 6.92 Å². The van der Waals surface area contributed by atoms with Crippen LogP contribution in [0.1, 0.15) is 6.92 Å². The van der Waals surface area contributed by atoms with Gasteiger partial charge in [0, 0.05) is 6.07 Å². The van der Waals surface area contributed by atoms with Crippen molar-refractivity contribution in [2.24, 2.45) is 0 Å². The topological polar surface area (TPSA) is 44.8 Å². The molecule has 0 saturated heterocycles. The third-order valence-corrected chi connectivity index (χ3v) is 1.59. The van der Waals surface area contributed by atoms with E-state index in [1.54, 1.807) is 6.92 Å². The van der Waals surface area contributed by atoms with Crippen molar-refractivity contribution in [2.75, 3.05) is 13.7 Å². The fourth-order valence-corrected chi connectivity index (χ4v) is 0.947. The van der Waals surface area contributed by atoms with E-state index in [0.29, 0.717) is 0 Å². The Hall–Kier alpha value is -1.78. The molecule has 82 valence electrons. The summed E-state index contributed by atoms with van der Waals surface area (Å²) in [5, 5.41) is 0. The first kappa shape index (κ1) is 11.3. The number of methoxy groups -OCH3 is 1. The molecule has 0 saturated carbocycles.